The molecule has 2 heterocycles. The minimum absolute atomic E-state index is 0.132. The fourth-order valence-electron chi connectivity index (χ4n) is 3.44. The van der Waals surface area contributed by atoms with Crippen LogP contribution in [0.2, 0.25) is 0 Å². The molecule has 28 heavy (non-hydrogen) atoms. The van der Waals surface area contributed by atoms with Gasteiger partial charge in [0, 0.05) is 13.1 Å². The quantitative estimate of drug-likeness (QED) is 0.767. The van der Waals surface area contributed by atoms with Gasteiger partial charge in [0.2, 0.25) is 10.0 Å². The van der Waals surface area contributed by atoms with E-state index in [9.17, 15) is 13.2 Å². The second kappa shape index (κ2) is 7.81. The van der Waals surface area contributed by atoms with Crippen LogP contribution < -0.4 is 14.4 Å². The molecule has 2 aliphatic rings. The van der Waals surface area contributed by atoms with Gasteiger partial charge in [0.25, 0.3) is 5.91 Å². The van der Waals surface area contributed by atoms with Gasteiger partial charge in [0.05, 0.1) is 17.1 Å². The van der Waals surface area contributed by atoms with Crippen molar-refractivity contribution in [3.8, 4) is 11.5 Å². The summed E-state index contributed by atoms with van der Waals surface area (Å²) >= 11 is 0. The smallest absolute Gasteiger partial charge is 0.265 e. The number of para-hydroxylation sites is 2. The summed E-state index contributed by atoms with van der Waals surface area (Å²) in [7, 11) is -3.45. The zero-order valence-electron chi connectivity index (χ0n) is 15.4. The van der Waals surface area contributed by atoms with Crippen molar-refractivity contribution in [3.05, 3.63) is 48.5 Å². The fourth-order valence-corrected chi connectivity index (χ4v) is 4.95. The number of sulfonamides is 1. The first-order valence-corrected chi connectivity index (χ1v) is 10.7. The number of anilines is 1. The Morgan fingerprint density at radius 1 is 1.00 bits per heavy atom. The lowest BCUT2D eigenvalue weighted by Crippen LogP contribution is -2.40. The van der Waals surface area contributed by atoms with E-state index in [1.807, 2.05) is 24.3 Å². The Hall–Kier alpha value is -2.58. The first-order chi connectivity index (χ1) is 13.6. The lowest BCUT2D eigenvalue weighted by atomic mass is 10.2. The highest BCUT2D eigenvalue weighted by Crippen LogP contribution is 2.31. The maximum absolute atomic E-state index is 12.6. The molecule has 0 saturated carbocycles. The molecule has 2 aliphatic heterocycles. The standard InChI is InChI=1S/C20H22N2O5S/c23-20(22-13-14-26-19-6-2-1-5-18(19)22)15-27-16-7-9-17(10-8-16)28(24,25)21-11-3-4-12-21/h1-2,5-10H,3-4,11-15H2. The Kier molecular flexibility index (Phi) is 5.23. The molecule has 7 nitrogen and oxygen atoms in total. The van der Waals surface area contributed by atoms with Gasteiger partial charge >= 0.3 is 0 Å². The maximum Gasteiger partial charge on any atom is 0.265 e. The molecule has 1 saturated heterocycles. The van der Waals surface area contributed by atoms with Crippen molar-refractivity contribution in [2.24, 2.45) is 0 Å². The molecule has 0 bridgehead atoms. The number of rotatable bonds is 5. The summed E-state index contributed by atoms with van der Waals surface area (Å²) in [6, 6.07) is 13.6. The van der Waals surface area contributed by atoms with Crippen LogP contribution in [0.15, 0.2) is 53.4 Å². The van der Waals surface area contributed by atoms with Crippen LogP contribution >= 0.6 is 0 Å². The highest BCUT2D eigenvalue weighted by atomic mass is 32.2. The van der Waals surface area contributed by atoms with Crippen molar-refractivity contribution in [3.63, 3.8) is 0 Å². The lowest BCUT2D eigenvalue weighted by Gasteiger charge is -2.29. The van der Waals surface area contributed by atoms with Gasteiger partial charge in [-0.2, -0.15) is 4.31 Å². The van der Waals surface area contributed by atoms with Crippen molar-refractivity contribution in [1.82, 2.24) is 4.31 Å². The molecular weight excluding hydrogens is 380 g/mol. The van der Waals surface area contributed by atoms with Gasteiger partial charge in [-0.05, 0) is 49.2 Å². The van der Waals surface area contributed by atoms with E-state index in [1.165, 1.54) is 16.4 Å². The Morgan fingerprint density at radius 2 is 1.71 bits per heavy atom. The van der Waals surface area contributed by atoms with E-state index in [0.29, 0.717) is 37.7 Å². The normalized spacial score (nSPS) is 17.1. The van der Waals surface area contributed by atoms with E-state index in [2.05, 4.69) is 0 Å². The Balaban J connectivity index is 1.40. The third kappa shape index (κ3) is 3.70. The number of carbonyl (C=O) groups excluding carboxylic acids is 1. The van der Waals surface area contributed by atoms with Crippen LogP contribution in [-0.2, 0) is 14.8 Å². The highest BCUT2D eigenvalue weighted by molar-refractivity contribution is 7.89. The molecule has 2 aromatic carbocycles. The average molecular weight is 402 g/mol. The summed E-state index contributed by atoms with van der Waals surface area (Å²) in [5.41, 5.74) is 0.731. The third-order valence-corrected chi connectivity index (χ3v) is 6.83. The van der Waals surface area contributed by atoms with E-state index >= 15 is 0 Å². The van der Waals surface area contributed by atoms with Crippen molar-refractivity contribution in [2.45, 2.75) is 17.7 Å². The van der Waals surface area contributed by atoms with Crippen molar-refractivity contribution >= 4 is 21.6 Å². The predicted molar refractivity (Wildman–Crippen MR) is 104 cm³/mol. The number of fused-ring (bicyclic) bond motifs is 1. The molecule has 148 valence electrons. The summed E-state index contributed by atoms with van der Waals surface area (Å²) in [6.45, 7) is 1.90. The van der Waals surface area contributed by atoms with E-state index in [-0.39, 0.29) is 17.4 Å². The molecule has 0 aliphatic carbocycles. The van der Waals surface area contributed by atoms with Gasteiger partial charge < -0.3 is 14.4 Å². The molecule has 0 radical (unpaired) electrons. The first-order valence-electron chi connectivity index (χ1n) is 9.31. The van der Waals surface area contributed by atoms with Crippen LogP contribution in [0.1, 0.15) is 12.8 Å². The van der Waals surface area contributed by atoms with Crippen LogP contribution in [0, 0.1) is 0 Å². The molecule has 0 unspecified atom stereocenters. The number of nitrogens with zero attached hydrogens (tertiary/aromatic N) is 2. The summed E-state index contributed by atoms with van der Waals surface area (Å²) in [5, 5.41) is 0. The number of carbonyl (C=O) groups is 1. The van der Waals surface area contributed by atoms with E-state index in [4.69, 9.17) is 9.47 Å². The molecule has 0 N–H and O–H groups in total. The van der Waals surface area contributed by atoms with Crippen LogP contribution in [0.4, 0.5) is 5.69 Å². The molecule has 0 aromatic heterocycles. The number of benzene rings is 2. The van der Waals surface area contributed by atoms with Crippen molar-refractivity contribution in [1.29, 1.82) is 0 Å². The first kappa shape index (κ1) is 18.8. The molecular formula is C20H22N2O5S. The third-order valence-electron chi connectivity index (χ3n) is 4.92. The average Bonchev–Trinajstić information content (AvgIpc) is 3.28. The second-order valence-corrected chi connectivity index (χ2v) is 8.67. The topological polar surface area (TPSA) is 76.2 Å². The summed E-state index contributed by atoms with van der Waals surface area (Å²) < 4.78 is 37.7. The number of hydrogen-bond acceptors (Lipinski definition) is 5. The Morgan fingerprint density at radius 3 is 2.46 bits per heavy atom. The van der Waals surface area contributed by atoms with Gasteiger partial charge in [-0.25, -0.2) is 8.42 Å². The zero-order chi connectivity index (χ0) is 19.6. The van der Waals surface area contributed by atoms with Crippen LogP contribution in [0.3, 0.4) is 0 Å². The van der Waals surface area contributed by atoms with Crippen molar-refractivity contribution < 1.29 is 22.7 Å². The van der Waals surface area contributed by atoms with Crippen LogP contribution in [0.25, 0.3) is 0 Å². The van der Waals surface area contributed by atoms with Gasteiger partial charge in [-0.3, -0.25) is 4.79 Å². The monoisotopic (exact) mass is 402 g/mol. The van der Waals surface area contributed by atoms with Crippen LogP contribution in [0.5, 0.6) is 11.5 Å². The molecule has 8 heteroatoms. The predicted octanol–water partition coefficient (Wildman–Crippen LogP) is 2.28. The second-order valence-electron chi connectivity index (χ2n) is 6.73. The molecule has 0 spiro atoms. The maximum atomic E-state index is 12.6. The van der Waals surface area contributed by atoms with E-state index in [0.717, 1.165) is 18.5 Å². The summed E-state index contributed by atoms with van der Waals surface area (Å²) in [6.07, 6.45) is 1.79. The van der Waals surface area contributed by atoms with Crippen LogP contribution in [-0.4, -0.2) is 51.5 Å². The SMILES string of the molecule is O=C(COc1ccc(S(=O)(=O)N2CCCC2)cc1)N1CCOc2ccccc21. The zero-order valence-corrected chi connectivity index (χ0v) is 16.2. The Bertz CT molecular complexity index is 953. The molecule has 0 atom stereocenters. The summed E-state index contributed by atoms with van der Waals surface area (Å²) in [4.78, 5) is 14.5. The van der Waals surface area contributed by atoms with Gasteiger partial charge in [-0.15, -0.1) is 0 Å². The van der Waals surface area contributed by atoms with Crippen molar-refractivity contribution in [2.75, 3.05) is 37.7 Å². The largest absolute Gasteiger partial charge is 0.490 e. The molecule has 1 amide bonds. The fraction of sp³-hybridized carbons (Fsp3) is 0.350. The van der Waals surface area contributed by atoms with Gasteiger partial charge in [0.1, 0.15) is 18.1 Å². The molecule has 4 rings (SSSR count). The number of ether oxygens (including phenoxy) is 2. The Labute approximate surface area is 164 Å². The minimum Gasteiger partial charge on any atom is -0.490 e. The summed E-state index contributed by atoms with van der Waals surface area (Å²) in [5.74, 6) is 0.957. The van der Waals surface area contributed by atoms with Gasteiger partial charge in [0.15, 0.2) is 6.61 Å². The van der Waals surface area contributed by atoms with Gasteiger partial charge in [-0.1, -0.05) is 12.1 Å². The minimum atomic E-state index is -3.45. The highest BCUT2D eigenvalue weighted by Gasteiger charge is 2.27. The molecule has 2 aromatic rings. The number of hydrogen-bond donors (Lipinski definition) is 0. The number of amides is 1. The van der Waals surface area contributed by atoms with E-state index in [1.54, 1.807) is 17.0 Å². The lowest BCUT2D eigenvalue weighted by molar-refractivity contribution is -0.120. The molecule has 1 fully saturated rings. The van der Waals surface area contributed by atoms with E-state index < -0.39 is 10.0 Å².